The number of rotatable bonds is 4. The van der Waals surface area contributed by atoms with Crippen LogP contribution in [0.15, 0.2) is 36.5 Å². The highest BCUT2D eigenvalue weighted by Gasteiger charge is 2.04. The second kappa shape index (κ2) is 5.85. The van der Waals surface area contributed by atoms with Crippen molar-refractivity contribution >= 4 is 28.3 Å². The minimum absolute atomic E-state index is 0.0688. The monoisotopic (exact) mass is 295 g/mol. The summed E-state index contributed by atoms with van der Waals surface area (Å²) in [5.41, 5.74) is 4.60. The van der Waals surface area contributed by atoms with Crippen molar-refractivity contribution in [1.82, 2.24) is 15.2 Å². The molecule has 0 aliphatic carbocycles. The lowest BCUT2D eigenvalue weighted by molar-refractivity contribution is -0.114. The molecule has 0 aliphatic heterocycles. The molecular weight excluding hydrogens is 278 g/mol. The number of amides is 1. The Morgan fingerprint density at radius 3 is 2.73 bits per heavy atom. The number of aromatic amines is 1. The number of carbonyl (C=O) groups is 1. The SMILES string of the molecule is CC(=O)Nc1ccc(CNc2cnc3n[nH]c(C)c3c2)cc1. The van der Waals surface area contributed by atoms with Gasteiger partial charge in [0, 0.05) is 30.2 Å². The number of H-pyrrole nitrogens is 1. The minimum Gasteiger partial charge on any atom is -0.380 e. The maximum absolute atomic E-state index is 11.0. The standard InChI is InChI=1S/C16H17N5O/c1-10-15-7-14(9-18-16(15)21-20-10)17-8-12-3-5-13(6-4-12)19-11(2)22/h3-7,9,17H,8H2,1-2H3,(H,19,22)(H,18,20,21). The zero-order valence-electron chi connectivity index (χ0n) is 12.5. The maximum Gasteiger partial charge on any atom is 0.221 e. The Balaban J connectivity index is 1.68. The molecule has 1 amide bonds. The Bertz CT molecular complexity index is 807. The van der Waals surface area contributed by atoms with Crippen LogP contribution in [0.2, 0.25) is 0 Å². The number of hydrogen-bond acceptors (Lipinski definition) is 4. The summed E-state index contributed by atoms with van der Waals surface area (Å²) in [6, 6.07) is 9.77. The molecular formula is C16H17N5O. The number of anilines is 2. The van der Waals surface area contributed by atoms with Crippen LogP contribution in [0.25, 0.3) is 11.0 Å². The average molecular weight is 295 g/mol. The smallest absolute Gasteiger partial charge is 0.221 e. The highest BCUT2D eigenvalue weighted by Crippen LogP contribution is 2.18. The number of pyridine rings is 1. The van der Waals surface area contributed by atoms with Crippen LogP contribution in [0.5, 0.6) is 0 Å². The summed E-state index contributed by atoms with van der Waals surface area (Å²) in [5.74, 6) is -0.0688. The van der Waals surface area contributed by atoms with Crippen LogP contribution in [0.3, 0.4) is 0 Å². The van der Waals surface area contributed by atoms with E-state index in [-0.39, 0.29) is 5.91 Å². The van der Waals surface area contributed by atoms with Gasteiger partial charge in [0.1, 0.15) is 0 Å². The third kappa shape index (κ3) is 3.06. The first kappa shape index (κ1) is 14.1. The van der Waals surface area contributed by atoms with Gasteiger partial charge in [-0.05, 0) is 30.7 Å². The molecule has 0 bridgehead atoms. The summed E-state index contributed by atoms with van der Waals surface area (Å²) < 4.78 is 0. The lowest BCUT2D eigenvalue weighted by Gasteiger charge is -2.07. The van der Waals surface area contributed by atoms with Gasteiger partial charge in [-0.15, -0.1) is 0 Å². The van der Waals surface area contributed by atoms with Gasteiger partial charge in [0.25, 0.3) is 0 Å². The fraction of sp³-hybridized carbons (Fsp3) is 0.188. The molecule has 0 atom stereocenters. The van der Waals surface area contributed by atoms with Gasteiger partial charge in [0.05, 0.1) is 11.9 Å². The first-order valence-corrected chi connectivity index (χ1v) is 7.03. The molecule has 0 fully saturated rings. The number of aryl methyl sites for hydroxylation is 1. The van der Waals surface area contributed by atoms with Crippen molar-refractivity contribution in [3.63, 3.8) is 0 Å². The van der Waals surface area contributed by atoms with Gasteiger partial charge in [-0.1, -0.05) is 12.1 Å². The van der Waals surface area contributed by atoms with Crippen molar-refractivity contribution in [2.24, 2.45) is 0 Å². The molecule has 0 saturated heterocycles. The minimum atomic E-state index is -0.0688. The third-order valence-electron chi connectivity index (χ3n) is 3.37. The van der Waals surface area contributed by atoms with E-state index in [1.54, 1.807) is 6.20 Å². The van der Waals surface area contributed by atoms with E-state index in [0.29, 0.717) is 6.54 Å². The van der Waals surface area contributed by atoms with Crippen molar-refractivity contribution in [1.29, 1.82) is 0 Å². The number of hydrogen-bond donors (Lipinski definition) is 3. The molecule has 1 aromatic carbocycles. The molecule has 112 valence electrons. The average Bonchev–Trinajstić information content (AvgIpc) is 2.87. The summed E-state index contributed by atoms with van der Waals surface area (Å²) in [5, 5.41) is 14.1. The summed E-state index contributed by atoms with van der Waals surface area (Å²) >= 11 is 0. The quantitative estimate of drug-likeness (QED) is 0.691. The largest absolute Gasteiger partial charge is 0.380 e. The molecule has 6 nitrogen and oxygen atoms in total. The summed E-state index contributed by atoms with van der Waals surface area (Å²) in [4.78, 5) is 15.3. The predicted octanol–water partition coefficient (Wildman–Crippen LogP) is 2.84. The lowest BCUT2D eigenvalue weighted by Crippen LogP contribution is -2.06. The lowest BCUT2D eigenvalue weighted by atomic mass is 10.2. The van der Waals surface area contributed by atoms with Crippen LogP contribution >= 0.6 is 0 Å². The molecule has 22 heavy (non-hydrogen) atoms. The Morgan fingerprint density at radius 1 is 1.23 bits per heavy atom. The van der Waals surface area contributed by atoms with Gasteiger partial charge >= 0.3 is 0 Å². The molecule has 0 saturated carbocycles. The van der Waals surface area contributed by atoms with E-state index in [0.717, 1.165) is 33.7 Å². The van der Waals surface area contributed by atoms with E-state index in [1.807, 2.05) is 37.3 Å². The Hall–Kier alpha value is -2.89. The number of nitrogens with one attached hydrogen (secondary N) is 3. The molecule has 0 radical (unpaired) electrons. The zero-order chi connectivity index (χ0) is 15.5. The van der Waals surface area contributed by atoms with E-state index in [2.05, 4.69) is 25.8 Å². The van der Waals surface area contributed by atoms with E-state index >= 15 is 0 Å². The van der Waals surface area contributed by atoms with Gasteiger partial charge in [0.15, 0.2) is 5.65 Å². The Kier molecular flexibility index (Phi) is 3.74. The normalized spacial score (nSPS) is 10.6. The second-order valence-corrected chi connectivity index (χ2v) is 5.18. The number of carbonyl (C=O) groups excluding carboxylic acids is 1. The summed E-state index contributed by atoms with van der Waals surface area (Å²) in [7, 11) is 0. The van der Waals surface area contributed by atoms with Crippen LogP contribution in [-0.4, -0.2) is 21.1 Å². The van der Waals surface area contributed by atoms with Gasteiger partial charge < -0.3 is 10.6 Å². The van der Waals surface area contributed by atoms with Crippen molar-refractivity contribution in [2.75, 3.05) is 10.6 Å². The van der Waals surface area contributed by atoms with Crippen LogP contribution in [0.4, 0.5) is 11.4 Å². The fourth-order valence-electron chi connectivity index (χ4n) is 2.23. The maximum atomic E-state index is 11.0. The van der Waals surface area contributed by atoms with Crippen molar-refractivity contribution in [3.8, 4) is 0 Å². The third-order valence-corrected chi connectivity index (χ3v) is 3.37. The topological polar surface area (TPSA) is 82.7 Å². The number of aromatic nitrogens is 3. The van der Waals surface area contributed by atoms with E-state index < -0.39 is 0 Å². The van der Waals surface area contributed by atoms with Crippen LogP contribution in [0.1, 0.15) is 18.2 Å². The van der Waals surface area contributed by atoms with E-state index in [4.69, 9.17) is 0 Å². The van der Waals surface area contributed by atoms with Crippen LogP contribution in [-0.2, 0) is 11.3 Å². The molecule has 3 N–H and O–H groups in total. The van der Waals surface area contributed by atoms with E-state index in [1.165, 1.54) is 6.92 Å². The van der Waals surface area contributed by atoms with Gasteiger partial charge in [0.2, 0.25) is 5.91 Å². The highest BCUT2D eigenvalue weighted by molar-refractivity contribution is 5.88. The first-order valence-electron chi connectivity index (χ1n) is 7.03. The van der Waals surface area contributed by atoms with Crippen LogP contribution in [0, 0.1) is 6.92 Å². The van der Waals surface area contributed by atoms with Gasteiger partial charge in [-0.3, -0.25) is 9.89 Å². The molecule has 0 unspecified atom stereocenters. The second-order valence-electron chi connectivity index (χ2n) is 5.18. The molecule has 0 aliphatic rings. The van der Waals surface area contributed by atoms with Gasteiger partial charge in [-0.25, -0.2) is 4.98 Å². The molecule has 3 aromatic rings. The summed E-state index contributed by atoms with van der Waals surface area (Å²) in [6.45, 7) is 4.16. The Morgan fingerprint density at radius 2 is 2.00 bits per heavy atom. The molecule has 6 heteroatoms. The van der Waals surface area contributed by atoms with Crippen molar-refractivity contribution in [2.45, 2.75) is 20.4 Å². The number of nitrogens with zero attached hydrogens (tertiary/aromatic N) is 2. The molecule has 3 rings (SSSR count). The summed E-state index contributed by atoms with van der Waals surface area (Å²) in [6.07, 6.45) is 1.77. The molecule has 2 aromatic heterocycles. The van der Waals surface area contributed by atoms with E-state index in [9.17, 15) is 4.79 Å². The molecule has 2 heterocycles. The Labute approximate surface area is 128 Å². The number of fused-ring (bicyclic) bond motifs is 1. The predicted molar refractivity (Wildman–Crippen MR) is 86.7 cm³/mol. The highest BCUT2D eigenvalue weighted by atomic mass is 16.1. The van der Waals surface area contributed by atoms with Crippen molar-refractivity contribution < 1.29 is 4.79 Å². The van der Waals surface area contributed by atoms with Gasteiger partial charge in [-0.2, -0.15) is 5.10 Å². The van der Waals surface area contributed by atoms with Crippen molar-refractivity contribution in [3.05, 3.63) is 47.8 Å². The molecule has 0 spiro atoms. The van der Waals surface area contributed by atoms with Crippen LogP contribution < -0.4 is 10.6 Å². The first-order chi connectivity index (χ1) is 10.6. The number of benzene rings is 1. The fourth-order valence-corrected chi connectivity index (χ4v) is 2.23. The zero-order valence-corrected chi connectivity index (χ0v) is 12.5.